The second kappa shape index (κ2) is 6.04. The molecule has 1 aromatic carbocycles. The van der Waals surface area contributed by atoms with E-state index in [9.17, 15) is 9.59 Å². The van der Waals surface area contributed by atoms with E-state index in [0.29, 0.717) is 12.1 Å². The SMILES string of the molecule is CCCCC(=O)N(C1=CC(=O)N=N1)c1ccccc1. The van der Waals surface area contributed by atoms with Gasteiger partial charge < -0.3 is 0 Å². The number of rotatable bonds is 5. The molecule has 0 aromatic heterocycles. The van der Waals surface area contributed by atoms with Crippen molar-refractivity contribution in [1.29, 1.82) is 0 Å². The summed E-state index contributed by atoms with van der Waals surface area (Å²) in [4.78, 5) is 24.9. The largest absolute Gasteiger partial charge is 0.292 e. The Balaban J connectivity index is 2.29. The van der Waals surface area contributed by atoms with Gasteiger partial charge in [-0.1, -0.05) is 31.5 Å². The topological polar surface area (TPSA) is 62.1 Å². The maximum Gasteiger partial charge on any atom is 0.292 e. The first kappa shape index (κ1) is 13.1. The summed E-state index contributed by atoms with van der Waals surface area (Å²) >= 11 is 0. The molecule has 0 unspecified atom stereocenters. The van der Waals surface area contributed by atoms with Crippen LogP contribution in [0.3, 0.4) is 0 Å². The summed E-state index contributed by atoms with van der Waals surface area (Å²) in [5, 5.41) is 7.19. The number of anilines is 1. The molecule has 19 heavy (non-hydrogen) atoms. The highest BCUT2D eigenvalue weighted by Crippen LogP contribution is 2.24. The van der Waals surface area contributed by atoms with E-state index in [1.54, 1.807) is 0 Å². The monoisotopic (exact) mass is 257 g/mol. The van der Waals surface area contributed by atoms with Gasteiger partial charge in [0.15, 0.2) is 5.82 Å². The van der Waals surface area contributed by atoms with Crippen molar-refractivity contribution >= 4 is 17.5 Å². The van der Waals surface area contributed by atoms with Crippen LogP contribution in [0.4, 0.5) is 5.69 Å². The van der Waals surface area contributed by atoms with Crippen LogP contribution in [-0.4, -0.2) is 11.8 Å². The van der Waals surface area contributed by atoms with E-state index in [-0.39, 0.29) is 11.7 Å². The smallest absolute Gasteiger partial charge is 0.274 e. The van der Waals surface area contributed by atoms with Gasteiger partial charge in [-0.25, -0.2) is 0 Å². The number of unbranched alkanes of at least 4 members (excludes halogenated alkanes) is 1. The second-order valence-corrected chi connectivity index (χ2v) is 4.21. The molecule has 0 bridgehead atoms. The lowest BCUT2D eigenvalue weighted by molar-refractivity contribution is -0.118. The highest BCUT2D eigenvalue weighted by molar-refractivity contribution is 6.00. The lowest BCUT2D eigenvalue weighted by atomic mass is 10.2. The Hall–Kier alpha value is -2.30. The van der Waals surface area contributed by atoms with Gasteiger partial charge in [0.05, 0.1) is 11.8 Å². The molecule has 0 fully saturated rings. The Kier molecular flexibility index (Phi) is 4.18. The summed E-state index contributed by atoms with van der Waals surface area (Å²) in [6, 6.07) is 9.16. The average Bonchev–Trinajstić information content (AvgIpc) is 2.84. The molecule has 98 valence electrons. The van der Waals surface area contributed by atoms with E-state index in [4.69, 9.17) is 0 Å². The van der Waals surface area contributed by atoms with E-state index in [1.165, 1.54) is 11.0 Å². The van der Waals surface area contributed by atoms with Crippen molar-refractivity contribution in [2.45, 2.75) is 26.2 Å². The molecule has 0 radical (unpaired) electrons. The number of para-hydroxylation sites is 1. The maximum atomic E-state index is 12.3. The summed E-state index contributed by atoms with van der Waals surface area (Å²) in [6.07, 6.45) is 3.44. The number of hydrogen-bond donors (Lipinski definition) is 0. The van der Waals surface area contributed by atoms with E-state index in [2.05, 4.69) is 10.2 Å². The van der Waals surface area contributed by atoms with Gasteiger partial charge >= 0.3 is 0 Å². The quantitative estimate of drug-likeness (QED) is 0.813. The minimum atomic E-state index is -0.431. The summed E-state index contributed by atoms with van der Waals surface area (Å²) in [7, 11) is 0. The van der Waals surface area contributed by atoms with Crippen LogP contribution in [0.15, 0.2) is 52.5 Å². The first-order chi connectivity index (χ1) is 9.22. The third kappa shape index (κ3) is 3.13. The van der Waals surface area contributed by atoms with Crippen LogP contribution in [0.2, 0.25) is 0 Å². The van der Waals surface area contributed by atoms with Crippen molar-refractivity contribution in [2.75, 3.05) is 4.90 Å². The van der Waals surface area contributed by atoms with Crippen LogP contribution in [0.1, 0.15) is 26.2 Å². The molecule has 0 N–H and O–H groups in total. The molecule has 1 aromatic rings. The van der Waals surface area contributed by atoms with Crippen molar-refractivity contribution in [3.8, 4) is 0 Å². The first-order valence-corrected chi connectivity index (χ1v) is 6.27. The number of hydrogen-bond acceptors (Lipinski definition) is 3. The van der Waals surface area contributed by atoms with Crippen LogP contribution in [0.25, 0.3) is 0 Å². The van der Waals surface area contributed by atoms with E-state index >= 15 is 0 Å². The fraction of sp³-hybridized carbons (Fsp3) is 0.286. The molecule has 1 aliphatic heterocycles. The molecule has 2 rings (SSSR count). The normalized spacial score (nSPS) is 13.5. The Morgan fingerprint density at radius 3 is 2.53 bits per heavy atom. The van der Waals surface area contributed by atoms with Gasteiger partial charge in [-0.2, -0.15) is 0 Å². The van der Waals surface area contributed by atoms with Gasteiger partial charge in [0, 0.05) is 6.42 Å². The Morgan fingerprint density at radius 2 is 1.95 bits per heavy atom. The zero-order valence-electron chi connectivity index (χ0n) is 10.7. The lowest BCUT2D eigenvalue weighted by Crippen LogP contribution is -2.28. The molecular formula is C14H15N3O2. The fourth-order valence-electron chi connectivity index (χ4n) is 1.80. The van der Waals surface area contributed by atoms with Crippen LogP contribution in [-0.2, 0) is 9.59 Å². The number of azo groups is 1. The fourth-order valence-corrected chi connectivity index (χ4v) is 1.80. The van der Waals surface area contributed by atoms with Gasteiger partial charge in [-0.15, -0.1) is 10.2 Å². The number of carbonyl (C=O) groups is 2. The van der Waals surface area contributed by atoms with Crippen molar-refractivity contribution in [1.82, 2.24) is 0 Å². The summed E-state index contributed by atoms with van der Waals surface area (Å²) in [6.45, 7) is 2.03. The number of carbonyl (C=O) groups excluding carboxylic acids is 2. The van der Waals surface area contributed by atoms with Crippen LogP contribution >= 0.6 is 0 Å². The predicted octanol–water partition coefficient (Wildman–Crippen LogP) is 3.04. The minimum absolute atomic E-state index is 0.0760. The summed E-state index contributed by atoms with van der Waals surface area (Å²) in [5.74, 6) is -0.218. The van der Waals surface area contributed by atoms with E-state index in [1.807, 2.05) is 37.3 Å². The zero-order chi connectivity index (χ0) is 13.7. The molecule has 0 saturated carbocycles. The lowest BCUT2D eigenvalue weighted by Gasteiger charge is -2.20. The predicted molar refractivity (Wildman–Crippen MR) is 71.4 cm³/mol. The maximum absolute atomic E-state index is 12.3. The number of nitrogens with zero attached hydrogens (tertiary/aromatic N) is 3. The standard InChI is InChI=1S/C14H15N3O2/c1-2-3-9-14(19)17(11-7-5-4-6-8-11)12-10-13(18)16-15-12/h4-8,10H,2-3,9H2,1H3. The second-order valence-electron chi connectivity index (χ2n) is 4.21. The molecule has 1 aliphatic rings. The van der Waals surface area contributed by atoms with Gasteiger partial charge in [0.2, 0.25) is 5.91 Å². The minimum Gasteiger partial charge on any atom is -0.274 e. The third-order valence-electron chi connectivity index (χ3n) is 2.74. The Bertz CT molecular complexity index is 535. The molecule has 2 amide bonds. The Morgan fingerprint density at radius 1 is 1.21 bits per heavy atom. The van der Waals surface area contributed by atoms with Crippen molar-refractivity contribution in [3.05, 3.63) is 42.2 Å². The third-order valence-corrected chi connectivity index (χ3v) is 2.74. The molecule has 0 atom stereocenters. The highest BCUT2D eigenvalue weighted by Gasteiger charge is 2.23. The summed E-state index contributed by atoms with van der Waals surface area (Å²) in [5.41, 5.74) is 0.698. The number of amides is 2. The van der Waals surface area contributed by atoms with E-state index < -0.39 is 5.91 Å². The highest BCUT2D eigenvalue weighted by atomic mass is 16.2. The molecular weight excluding hydrogens is 242 g/mol. The molecule has 0 aliphatic carbocycles. The van der Waals surface area contributed by atoms with E-state index in [0.717, 1.165) is 12.8 Å². The summed E-state index contributed by atoms with van der Waals surface area (Å²) < 4.78 is 0. The van der Waals surface area contributed by atoms with Crippen LogP contribution < -0.4 is 4.90 Å². The molecule has 0 saturated heterocycles. The molecule has 0 spiro atoms. The van der Waals surface area contributed by atoms with Gasteiger partial charge in [-0.3, -0.25) is 14.5 Å². The number of benzene rings is 1. The van der Waals surface area contributed by atoms with Gasteiger partial charge in [0.25, 0.3) is 5.91 Å². The molecule has 5 nitrogen and oxygen atoms in total. The van der Waals surface area contributed by atoms with Gasteiger partial charge in [-0.05, 0) is 18.6 Å². The molecule has 5 heteroatoms. The van der Waals surface area contributed by atoms with Crippen LogP contribution in [0, 0.1) is 0 Å². The zero-order valence-corrected chi connectivity index (χ0v) is 10.7. The first-order valence-electron chi connectivity index (χ1n) is 6.27. The Labute approximate surface area is 111 Å². The van der Waals surface area contributed by atoms with Crippen molar-refractivity contribution in [2.24, 2.45) is 10.2 Å². The average molecular weight is 257 g/mol. The molecule has 1 heterocycles. The van der Waals surface area contributed by atoms with Crippen molar-refractivity contribution < 1.29 is 9.59 Å². The van der Waals surface area contributed by atoms with Crippen molar-refractivity contribution in [3.63, 3.8) is 0 Å². The van der Waals surface area contributed by atoms with Gasteiger partial charge in [0.1, 0.15) is 0 Å². The van der Waals surface area contributed by atoms with Crippen LogP contribution in [0.5, 0.6) is 0 Å².